The number of hydrogen-bond donors (Lipinski definition) is 1. The number of carbonyl (C=O) groups excluding carboxylic acids is 1. The number of aromatic nitrogens is 1. The van der Waals surface area contributed by atoms with Gasteiger partial charge >= 0.3 is 6.18 Å². The van der Waals surface area contributed by atoms with Crippen LogP contribution in [0.5, 0.6) is 0 Å². The van der Waals surface area contributed by atoms with Crippen molar-refractivity contribution in [2.45, 2.75) is 64.6 Å². The zero-order valence-corrected chi connectivity index (χ0v) is 20.6. The molecule has 0 bridgehead atoms. The van der Waals surface area contributed by atoms with Crippen LogP contribution in [0.3, 0.4) is 0 Å². The Kier molecular flexibility index (Phi) is 8.01. The van der Waals surface area contributed by atoms with Crippen LogP contribution in [0.4, 0.5) is 13.2 Å². The van der Waals surface area contributed by atoms with E-state index in [0.29, 0.717) is 18.2 Å². The highest BCUT2D eigenvalue weighted by atomic mass is 32.2. The topological polar surface area (TPSA) is 67.3 Å². The molecule has 0 spiro atoms. The van der Waals surface area contributed by atoms with Crippen molar-refractivity contribution < 1.29 is 27.3 Å². The Morgan fingerprint density at radius 1 is 1.15 bits per heavy atom. The smallest absolute Gasteiger partial charge is 0.417 e. The first kappa shape index (κ1) is 26.1. The average molecular weight is 494 g/mol. The summed E-state index contributed by atoms with van der Waals surface area (Å²) in [7, 11) is -1.62. The number of aliphatic hydroxyl groups excluding tert-OH is 1. The summed E-state index contributed by atoms with van der Waals surface area (Å²) in [6, 6.07) is 6.10. The summed E-state index contributed by atoms with van der Waals surface area (Å²) < 4.78 is 50.9. The molecule has 0 radical (unpaired) electrons. The number of rotatable bonds is 7. The zero-order chi connectivity index (χ0) is 25.2. The number of pyridine rings is 1. The van der Waals surface area contributed by atoms with Crippen LogP contribution in [-0.4, -0.2) is 25.8 Å². The van der Waals surface area contributed by atoms with Gasteiger partial charge in [-0.3, -0.25) is 9.00 Å². The van der Waals surface area contributed by atoms with Gasteiger partial charge in [0.15, 0.2) is 5.78 Å². The zero-order valence-electron chi connectivity index (χ0n) is 19.8. The number of aryl methyl sites for hydroxylation is 3. The maximum absolute atomic E-state index is 13.2. The Morgan fingerprint density at radius 2 is 1.76 bits per heavy atom. The summed E-state index contributed by atoms with van der Waals surface area (Å²) in [5.74, 6) is -0.349. The molecule has 3 atom stereocenters. The highest BCUT2D eigenvalue weighted by Crippen LogP contribution is 2.39. The van der Waals surface area contributed by atoms with Gasteiger partial charge in [-0.2, -0.15) is 13.2 Å². The molecule has 4 nitrogen and oxygen atoms in total. The van der Waals surface area contributed by atoms with Gasteiger partial charge in [0.2, 0.25) is 0 Å². The van der Waals surface area contributed by atoms with E-state index in [-0.39, 0.29) is 40.6 Å². The van der Waals surface area contributed by atoms with Crippen LogP contribution in [0.2, 0.25) is 0 Å². The van der Waals surface area contributed by atoms with Gasteiger partial charge < -0.3 is 5.11 Å². The quantitative estimate of drug-likeness (QED) is 0.497. The molecule has 0 aliphatic heterocycles. The summed E-state index contributed by atoms with van der Waals surface area (Å²) in [6.07, 6.45) is -1.82. The van der Waals surface area contributed by atoms with Gasteiger partial charge in [-0.25, -0.2) is 4.98 Å². The predicted molar refractivity (Wildman–Crippen MR) is 127 cm³/mol. The van der Waals surface area contributed by atoms with Gasteiger partial charge in [0, 0.05) is 24.8 Å². The van der Waals surface area contributed by atoms with Crippen LogP contribution in [0, 0.1) is 18.8 Å². The van der Waals surface area contributed by atoms with Gasteiger partial charge in [-0.05, 0) is 60.4 Å². The third kappa shape index (κ3) is 5.59. The first-order valence-electron chi connectivity index (χ1n) is 11.5. The van der Waals surface area contributed by atoms with Crippen molar-refractivity contribution in [3.63, 3.8) is 0 Å². The fourth-order valence-corrected chi connectivity index (χ4v) is 5.88. The Balaban J connectivity index is 1.80. The lowest BCUT2D eigenvalue weighted by Gasteiger charge is -2.29. The molecule has 1 N–H and O–H groups in total. The standard InChI is InChI=1S/C26H30F3NO3S/c1-5-17-9-15(3)10-18(6-2)24(17)25-21(31)11-19(12-22(25)32)16(4)14-34(33)23-8-7-20(13-30-23)26(27,28)29/h7-10,13,16,19,31H,5-6,11-12,14H2,1-4H3. The third-order valence-electron chi connectivity index (χ3n) is 6.44. The molecule has 8 heteroatoms. The Hall–Kier alpha value is -2.48. The van der Waals surface area contributed by atoms with E-state index in [1.807, 2.05) is 27.7 Å². The molecule has 3 rings (SSSR count). The van der Waals surface area contributed by atoms with Crippen LogP contribution < -0.4 is 0 Å². The molecular formula is C26H30F3NO3S. The lowest BCUT2D eigenvalue weighted by atomic mass is 9.76. The molecule has 1 aliphatic carbocycles. The van der Waals surface area contributed by atoms with Crippen molar-refractivity contribution in [2.24, 2.45) is 11.8 Å². The van der Waals surface area contributed by atoms with E-state index < -0.39 is 22.5 Å². The maximum Gasteiger partial charge on any atom is 0.417 e. The van der Waals surface area contributed by atoms with Crippen molar-refractivity contribution in [2.75, 3.05) is 5.75 Å². The molecule has 2 aromatic rings. The lowest BCUT2D eigenvalue weighted by molar-refractivity contribution is -0.137. The molecule has 34 heavy (non-hydrogen) atoms. The molecule has 1 heterocycles. The first-order valence-corrected chi connectivity index (χ1v) is 12.8. The van der Waals surface area contributed by atoms with E-state index in [0.717, 1.165) is 47.2 Å². The first-order chi connectivity index (χ1) is 16.0. The monoisotopic (exact) mass is 493 g/mol. The number of alkyl halides is 3. The molecule has 0 fully saturated rings. The molecule has 1 aromatic carbocycles. The molecule has 0 saturated carbocycles. The average Bonchev–Trinajstić information content (AvgIpc) is 2.78. The SMILES string of the molecule is CCc1cc(C)cc(CC)c1C1=C(O)CC(C(C)CS(=O)c2ccc(C(F)(F)F)cn2)CC1=O. The van der Waals surface area contributed by atoms with E-state index in [9.17, 15) is 27.3 Å². The summed E-state index contributed by atoms with van der Waals surface area (Å²) in [4.78, 5) is 16.9. The molecule has 1 aliphatic rings. The summed E-state index contributed by atoms with van der Waals surface area (Å²) >= 11 is 0. The molecule has 0 amide bonds. The number of ketones is 1. The van der Waals surface area contributed by atoms with Crippen LogP contribution in [0.1, 0.15) is 61.4 Å². The molecule has 0 saturated heterocycles. The Bertz CT molecular complexity index is 1100. The number of halogens is 3. The molecule has 1 aromatic heterocycles. The van der Waals surface area contributed by atoms with Gasteiger partial charge in [0.25, 0.3) is 0 Å². The second-order valence-corrected chi connectivity index (χ2v) is 10.4. The second kappa shape index (κ2) is 10.4. The molecular weight excluding hydrogens is 463 g/mol. The summed E-state index contributed by atoms with van der Waals surface area (Å²) in [5, 5.41) is 11.0. The number of Topliss-reactive ketones (excluding diaryl/α,β-unsaturated/α-hetero) is 1. The fraction of sp³-hybridized carbons (Fsp3) is 0.462. The van der Waals surface area contributed by atoms with Crippen LogP contribution in [-0.2, 0) is 34.6 Å². The number of benzene rings is 1. The van der Waals surface area contributed by atoms with Crippen molar-refractivity contribution in [3.05, 3.63) is 64.0 Å². The van der Waals surface area contributed by atoms with Gasteiger partial charge in [0.1, 0.15) is 10.8 Å². The van der Waals surface area contributed by atoms with Crippen molar-refractivity contribution in [3.8, 4) is 0 Å². The second-order valence-electron chi connectivity index (χ2n) is 8.95. The maximum atomic E-state index is 13.2. The van der Waals surface area contributed by atoms with Gasteiger partial charge in [0.05, 0.1) is 21.9 Å². The molecule has 3 unspecified atom stereocenters. The van der Waals surface area contributed by atoms with E-state index in [2.05, 4.69) is 17.1 Å². The van der Waals surface area contributed by atoms with Crippen molar-refractivity contribution >= 4 is 22.2 Å². The number of carbonyl (C=O) groups is 1. The highest BCUT2D eigenvalue weighted by molar-refractivity contribution is 7.84. The van der Waals surface area contributed by atoms with Crippen molar-refractivity contribution in [1.82, 2.24) is 4.98 Å². The minimum Gasteiger partial charge on any atom is -0.512 e. The third-order valence-corrected chi connectivity index (χ3v) is 7.98. The largest absolute Gasteiger partial charge is 0.512 e. The van der Waals surface area contributed by atoms with Crippen LogP contribution in [0.15, 0.2) is 41.2 Å². The van der Waals surface area contributed by atoms with Gasteiger partial charge in [-0.1, -0.05) is 38.5 Å². The fourth-order valence-electron chi connectivity index (χ4n) is 4.57. The van der Waals surface area contributed by atoms with E-state index in [1.165, 1.54) is 0 Å². The Labute approximate surface area is 200 Å². The van der Waals surface area contributed by atoms with Crippen molar-refractivity contribution in [1.29, 1.82) is 0 Å². The normalized spacial score (nSPS) is 18.8. The van der Waals surface area contributed by atoms with E-state index in [1.54, 1.807) is 0 Å². The Morgan fingerprint density at radius 3 is 2.24 bits per heavy atom. The minimum absolute atomic E-state index is 0.0554. The number of nitrogens with zero attached hydrogens (tertiary/aromatic N) is 1. The number of allylic oxidation sites excluding steroid dienone is 2. The van der Waals surface area contributed by atoms with Crippen LogP contribution >= 0.6 is 0 Å². The summed E-state index contributed by atoms with van der Waals surface area (Å²) in [6.45, 7) is 7.91. The van der Waals surface area contributed by atoms with Crippen LogP contribution in [0.25, 0.3) is 5.57 Å². The number of aliphatic hydroxyl groups is 1. The summed E-state index contributed by atoms with van der Waals surface area (Å²) in [5.41, 5.74) is 3.52. The van der Waals surface area contributed by atoms with E-state index in [4.69, 9.17) is 0 Å². The lowest BCUT2D eigenvalue weighted by Crippen LogP contribution is -2.27. The molecule has 184 valence electrons. The van der Waals surface area contributed by atoms with E-state index >= 15 is 0 Å². The number of hydrogen-bond acceptors (Lipinski definition) is 4. The minimum atomic E-state index is -4.50. The van der Waals surface area contributed by atoms with Gasteiger partial charge in [-0.15, -0.1) is 0 Å². The highest BCUT2D eigenvalue weighted by Gasteiger charge is 2.34. The predicted octanol–water partition coefficient (Wildman–Crippen LogP) is 6.23.